The van der Waals surface area contributed by atoms with E-state index in [9.17, 15) is 0 Å². The number of hydrogen-bond acceptors (Lipinski definition) is 4. The van der Waals surface area contributed by atoms with Gasteiger partial charge in [-0.15, -0.1) is 0 Å². The highest BCUT2D eigenvalue weighted by Gasteiger charge is 2.25. The van der Waals surface area contributed by atoms with Crippen LogP contribution < -0.4 is 0 Å². The normalized spacial score (nSPS) is 20.4. The second-order valence-corrected chi connectivity index (χ2v) is 5.69. The van der Waals surface area contributed by atoms with Gasteiger partial charge in [0, 0.05) is 30.9 Å². The van der Waals surface area contributed by atoms with Gasteiger partial charge in [0.1, 0.15) is 5.82 Å². The molecule has 2 aromatic rings. The van der Waals surface area contributed by atoms with E-state index in [-0.39, 0.29) is 0 Å². The van der Waals surface area contributed by atoms with E-state index in [1.165, 1.54) is 12.0 Å². The number of rotatable bonds is 3. The lowest BCUT2D eigenvalue weighted by atomic mass is 10.1. The zero-order chi connectivity index (χ0) is 12.4. The minimum Gasteiger partial charge on any atom is -0.298 e. The maximum atomic E-state index is 4.55. The molecule has 0 N–H and O–H groups in total. The zero-order valence-electron chi connectivity index (χ0n) is 10.5. The van der Waals surface area contributed by atoms with Crippen molar-refractivity contribution in [2.75, 3.05) is 13.1 Å². The Morgan fingerprint density at radius 3 is 3.17 bits per heavy atom. The highest BCUT2D eigenvalue weighted by molar-refractivity contribution is 7.07. The van der Waals surface area contributed by atoms with E-state index >= 15 is 0 Å². The van der Waals surface area contributed by atoms with Crippen molar-refractivity contribution >= 4 is 11.3 Å². The number of likely N-dealkylation sites (tertiary alicyclic amines) is 1. The number of hydrogen-bond donors (Lipinski definition) is 0. The molecule has 0 amide bonds. The molecule has 1 atom stereocenters. The topological polar surface area (TPSA) is 29.0 Å². The molecule has 3 heterocycles. The first-order chi connectivity index (χ1) is 8.81. The Labute approximate surface area is 112 Å². The Morgan fingerprint density at radius 2 is 2.39 bits per heavy atom. The number of aromatic nitrogens is 2. The van der Waals surface area contributed by atoms with Crippen LogP contribution in [0.2, 0.25) is 0 Å². The summed E-state index contributed by atoms with van der Waals surface area (Å²) in [4.78, 5) is 11.5. The highest BCUT2D eigenvalue weighted by Crippen LogP contribution is 2.26. The Bertz CT molecular complexity index is 510. The van der Waals surface area contributed by atoms with E-state index in [4.69, 9.17) is 0 Å². The fraction of sp³-hybridized carbons (Fsp3) is 0.429. The van der Waals surface area contributed by atoms with Crippen LogP contribution in [0.5, 0.6) is 0 Å². The summed E-state index contributed by atoms with van der Waals surface area (Å²) >= 11 is 1.77. The van der Waals surface area contributed by atoms with Gasteiger partial charge in [-0.1, -0.05) is 0 Å². The first-order valence-electron chi connectivity index (χ1n) is 6.34. The third-order valence-corrected chi connectivity index (χ3v) is 4.17. The summed E-state index contributed by atoms with van der Waals surface area (Å²) in [6.45, 7) is 5.33. The standard InChI is InChI=1S/C14H17N3S/c1-11-2-5-15-14(16-11)13-3-6-17(9-13)8-12-4-7-18-10-12/h2,4-5,7,10,13H,3,6,8-9H2,1H3. The van der Waals surface area contributed by atoms with E-state index < -0.39 is 0 Å². The molecule has 2 aromatic heterocycles. The minimum atomic E-state index is 0.503. The molecule has 4 heteroatoms. The molecular weight excluding hydrogens is 242 g/mol. The average molecular weight is 259 g/mol. The quantitative estimate of drug-likeness (QED) is 0.848. The SMILES string of the molecule is Cc1ccnc(C2CCN(Cc3ccsc3)C2)n1. The van der Waals surface area contributed by atoms with E-state index in [2.05, 4.69) is 31.7 Å². The molecule has 3 rings (SSSR count). The molecule has 1 aliphatic rings. The minimum absolute atomic E-state index is 0.503. The molecule has 18 heavy (non-hydrogen) atoms. The van der Waals surface area contributed by atoms with Crippen molar-refractivity contribution in [3.05, 3.63) is 46.2 Å². The predicted octanol–water partition coefficient (Wildman–Crippen LogP) is 2.84. The van der Waals surface area contributed by atoms with Gasteiger partial charge in [0.2, 0.25) is 0 Å². The van der Waals surface area contributed by atoms with Crippen LogP contribution in [0.15, 0.2) is 29.1 Å². The maximum Gasteiger partial charge on any atom is 0.132 e. The molecule has 1 saturated heterocycles. The average Bonchev–Trinajstić information content (AvgIpc) is 3.01. The largest absolute Gasteiger partial charge is 0.298 e. The van der Waals surface area contributed by atoms with Crippen molar-refractivity contribution in [1.82, 2.24) is 14.9 Å². The predicted molar refractivity (Wildman–Crippen MR) is 73.7 cm³/mol. The summed E-state index contributed by atoms with van der Waals surface area (Å²) in [7, 11) is 0. The Morgan fingerprint density at radius 1 is 1.44 bits per heavy atom. The smallest absolute Gasteiger partial charge is 0.132 e. The third-order valence-electron chi connectivity index (χ3n) is 3.44. The van der Waals surface area contributed by atoms with E-state index in [1.807, 2.05) is 19.2 Å². The van der Waals surface area contributed by atoms with Crippen LogP contribution in [0.1, 0.15) is 29.4 Å². The van der Waals surface area contributed by atoms with Crippen molar-refractivity contribution in [3.63, 3.8) is 0 Å². The Balaban J connectivity index is 1.65. The monoisotopic (exact) mass is 259 g/mol. The summed E-state index contributed by atoms with van der Waals surface area (Å²) in [6.07, 6.45) is 3.05. The van der Waals surface area contributed by atoms with Crippen LogP contribution in [0.3, 0.4) is 0 Å². The molecule has 3 nitrogen and oxygen atoms in total. The molecule has 1 fully saturated rings. The van der Waals surface area contributed by atoms with Crippen LogP contribution in [0, 0.1) is 6.92 Å². The van der Waals surface area contributed by atoms with Gasteiger partial charge in [0.25, 0.3) is 0 Å². The molecule has 0 spiro atoms. The van der Waals surface area contributed by atoms with E-state index in [0.29, 0.717) is 5.92 Å². The number of nitrogens with zero attached hydrogens (tertiary/aromatic N) is 3. The zero-order valence-corrected chi connectivity index (χ0v) is 11.4. The van der Waals surface area contributed by atoms with E-state index in [1.54, 1.807) is 11.3 Å². The summed E-state index contributed by atoms with van der Waals surface area (Å²) in [5.41, 5.74) is 2.49. The fourth-order valence-corrected chi connectivity index (χ4v) is 3.15. The molecule has 1 unspecified atom stereocenters. The number of thiophene rings is 1. The van der Waals surface area contributed by atoms with Crippen molar-refractivity contribution in [2.24, 2.45) is 0 Å². The van der Waals surface area contributed by atoms with Crippen molar-refractivity contribution in [1.29, 1.82) is 0 Å². The van der Waals surface area contributed by atoms with Crippen LogP contribution in [-0.4, -0.2) is 28.0 Å². The second-order valence-electron chi connectivity index (χ2n) is 4.91. The van der Waals surface area contributed by atoms with Crippen LogP contribution in [0.4, 0.5) is 0 Å². The lowest BCUT2D eigenvalue weighted by Crippen LogP contribution is -2.19. The van der Waals surface area contributed by atoms with Gasteiger partial charge in [0.15, 0.2) is 0 Å². The van der Waals surface area contributed by atoms with Crippen LogP contribution >= 0.6 is 11.3 Å². The molecular formula is C14H17N3S. The summed E-state index contributed by atoms with van der Waals surface area (Å²) in [6, 6.07) is 4.17. The van der Waals surface area contributed by atoms with Gasteiger partial charge in [0.05, 0.1) is 0 Å². The lowest BCUT2D eigenvalue weighted by Gasteiger charge is -2.14. The maximum absolute atomic E-state index is 4.55. The molecule has 0 aliphatic carbocycles. The molecule has 0 saturated carbocycles. The van der Waals surface area contributed by atoms with Crippen molar-refractivity contribution in [3.8, 4) is 0 Å². The van der Waals surface area contributed by atoms with E-state index in [0.717, 1.165) is 31.2 Å². The lowest BCUT2D eigenvalue weighted by molar-refractivity contribution is 0.326. The molecule has 94 valence electrons. The highest BCUT2D eigenvalue weighted by atomic mass is 32.1. The summed E-state index contributed by atoms with van der Waals surface area (Å²) in [5, 5.41) is 4.38. The van der Waals surface area contributed by atoms with Gasteiger partial charge in [-0.2, -0.15) is 11.3 Å². The van der Waals surface area contributed by atoms with Gasteiger partial charge >= 0.3 is 0 Å². The van der Waals surface area contributed by atoms with Gasteiger partial charge in [-0.3, -0.25) is 4.90 Å². The van der Waals surface area contributed by atoms with Crippen molar-refractivity contribution < 1.29 is 0 Å². The first kappa shape index (κ1) is 11.8. The molecule has 1 aliphatic heterocycles. The van der Waals surface area contributed by atoms with Crippen LogP contribution in [0.25, 0.3) is 0 Å². The van der Waals surface area contributed by atoms with Crippen molar-refractivity contribution in [2.45, 2.75) is 25.8 Å². The second kappa shape index (κ2) is 5.16. The molecule has 0 radical (unpaired) electrons. The Kier molecular flexibility index (Phi) is 3.39. The summed E-state index contributed by atoms with van der Waals surface area (Å²) in [5.74, 6) is 1.52. The first-order valence-corrected chi connectivity index (χ1v) is 7.28. The van der Waals surface area contributed by atoms with Gasteiger partial charge in [-0.25, -0.2) is 9.97 Å². The Hall–Kier alpha value is -1.26. The summed E-state index contributed by atoms with van der Waals surface area (Å²) < 4.78 is 0. The molecule has 0 bridgehead atoms. The van der Waals surface area contributed by atoms with Gasteiger partial charge < -0.3 is 0 Å². The number of aryl methyl sites for hydroxylation is 1. The third kappa shape index (κ3) is 2.60. The fourth-order valence-electron chi connectivity index (χ4n) is 2.49. The molecule has 0 aromatic carbocycles. The van der Waals surface area contributed by atoms with Gasteiger partial charge in [-0.05, 0) is 48.3 Å². The van der Waals surface area contributed by atoms with Crippen LogP contribution in [-0.2, 0) is 6.54 Å².